The summed E-state index contributed by atoms with van der Waals surface area (Å²) in [4.78, 5) is 0. The van der Waals surface area contributed by atoms with Crippen molar-refractivity contribution in [3.8, 4) is 11.8 Å². The smallest absolute Gasteiger partial charge is 0.348 e. The Labute approximate surface area is 217 Å². The molecule has 37 heavy (non-hydrogen) atoms. The van der Waals surface area contributed by atoms with Gasteiger partial charge < -0.3 is 9.47 Å². The van der Waals surface area contributed by atoms with Gasteiger partial charge in [0, 0.05) is 17.4 Å². The van der Waals surface area contributed by atoms with Gasteiger partial charge in [-0.3, -0.25) is 0 Å². The molecule has 0 radical (unpaired) electrons. The average Bonchev–Trinajstić information content (AvgIpc) is 2.88. The molecule has 7 heteroatoms. The van der Waals surface area contributed by atoms with Crippen molar-refractivity contribution < 1.29 is 31.4 Å². The van der Waals surface area contributed by atoms with E-state index in [1.807, 2.05) is 0 Å². The number of benzene rings is 1. The predicted octanol–water partition coefficient (Wildman–Crippen LogP) is 8.73. The van der Waals surface area contributed by atoms with Crippen LogP contribution in [0.2, 0.25) is 0 Å². The molecule has 206 valence electrons. The molecule has 0 atom stereocenters. The van der Waals surface area contributed by atoms with Crippen molar-refractivity contribution in [2.45, 2.75) is 96.4 Å². The van der Waals surface area contributed by atoms with Crippen LogP contribution in [0.5, 0.6) is 0 Å². The fourth-order valence-corrected chi connectivity index (χ4v) is 6.68. The van der Waals surface area contributed by atoms with Crippen LogP contribution in [0.3, 0.4) is 0 Å². The summed E-state index contributed by atoms with van der Waals surface area (Å²) in [7, 11) is 0. The van der Waals surface area contributed by atoms with E-state index in [0.29, 0.717) is 19.1 Å². The lowest BCUT2D eigenvalue weighted by Crippen LogP contribution is -2.35. The first-order chi connectivity index (χ1) is 17.7. The highest BCUT2D eigenvalue weighted by Crippen LogP contribution is 2.44. The molecule has 0 unspecified atom stereocenters. The lowest BCUT2D eigenvalue weighted by Gasteiger charge is -2.41. The quantitative estimate of drug-likeness (QED) is 0.201. The van der Waals surface area contributed by atoms with Crippen LogP contribution in [0, 0.1) is 53.1 Å². The minimum absolute atomic E-state index is 0.111. The van der Waals surface area contributed by atoms with Crippen molar-refractivity contribution in [3.63, 3.8) is 0 Å². The number of hydrogen-bond donors (Lipinski definition) is 0. The maximum absolute atomic E-state index is 14.3. The van der Waals surface area contributed by atoms with Gasteiger partial charge in [-0.1, -0.05) is 51.4 Å². The Balaban J connectivity index is 1.22. The molecule has 3 aliphatic rings. The molecule has 2 aliphatic carbocycles. The van der Waals surface area contributed by atoms with Gasteiger partial charge in [0.1, 0.15) is 11.6 Å². The van der Waals surface area contributed by atoms with Gasteiger partial charge in [0.25, 0.3) is 0 Å². The van der Waals surface area contributed by atoms with Crippen LogP contribution < -0.4 is 0 Å². The van der Waals surface area contributed by atoms with Crippen molar-refractivity contribution in [2.24, 2.45) is 29.6 Å². The molecule has 2 nitrogen and oxygen atoms in total. The summed E-state index contributed by atoms with van der Waals surface area (Å²) < 4.78 is 77.0. The number of alkyl halides is 3. The summed E-state index contributed by atoms with van der Waals surface area (Å²) in [6.45, 7) is 3.16. The van der Waals surface area contributed by atoms with Crippen molar-refractivity contribution >= 4 is 0 Å². The summed E-state index contributed by atoms with van der Waals surface area (Å²) in [6.07, 6.45) is 10.1. The third kappa shape index (κ3) is 7.93. The molecular weight excluding hydrogens is 487 g/mol. The molecule has 2 saturated carbocycles. The van der Waals surface area contributed by atoms with Crippen LogP contribution in [-0.2, 0) is 9.47 Å². The molecule has 0 spiro atoms. The first-order valence-electron chi connectivity index (χ1n) is 14.1. The molecule has 1 heterocycles. The van der Waals surface area contributed by atoms with E-state index in [0.717, 1.165) is 35.8 Å². The van der Waals surface area contributed by atoms with Gasteiger partial charge in [-0.15, -0.1) is 0 Å². The number of rotatable bonds is 7. The fraction of sp³-hybridized carbons (Fsp3) is 0.733. The zero-order chi connectivity index (χ0) is 26.4. The summed E-state index contributed by atoms with van der Waals surface area (Å²) in [5.74, 6) is 3.54. The minimum atomic E-state index is -4.82. The molecule has 1 aliphatic heterocycles. The van der Waals surface area contributed by atoms with Gasteiger partial charge in [-0.2, -0.15) is 13.2 Å². The van der Waals surface area contributed by atoms with Gasteiger partial charge in [0.05, 0.1) is 18.8 Å². The topological polar surface area (TPSA) is 18.5 Å². The first kappa shape index (κ1) is 28.4. The van der Waals surface area contributed by atoms with Crippen LogP contribution in [-0.4, -0.2) is 19.4 Å². The van der Waals surface area contributed by atoms with Crippen LogP contribution in [0.4, 0.5) is 22.0 Å². The second kappa shape index (κ2) is 12.9. The Kier molecular flexibility index (Phi) is 9.91. The monoisotopic (exact) mass is 526 g/mol. The zero-order valence-electron chi connectivity index (χ0n) is 21.7. The Bertz CT molecular complexity index is 903. The molecule has 1 aromatic rings. The van der Waals surface area contributed by atoms with Crippen LogP contribution in [0.1, 0.15) is 101 Å². The summed E-state index contributed by atoms with van der Waals surface area (Å²) in [5.41, 5.74) is -0.795. The van der Waals surface area contributed by atoms with Gasteiger partial charge in [0.2, 0.25) is 0 Å². The molecule has 1 saturated heterocycles. The van der Waals surface area contributed by atoms with E-state index in [2.05, 4.69) is 6.92 Å². The summed E-state index contributed by atoms with van der Waals surface area (Å²) in [5, 5.41) is 0. The van der Waals surface area contributed by atoms with Crippen molar-refractivity contribution in [1.82, 2.24) is 0 Å². The fourth-order valence-electron chi connectivity index (χ4n) is 6.68. The van der Waals surface area contributed by atoms with Gasteiger partial charge in [0.15, 0.2) is 6.29 Å². The molecular formula is C30H39F5O2. The molecule has 0 amide bonds. The number of unbranched alkanes of at least 4 members (excludes halogenated alkanes) is 2. The highest BCUT2D eigenvalue weighted by atomic mass is 19.4. The minimum Gasteiger partial charge on any atom is -0.348 e. The second-order valence-corrected chi connectivity index (χ2v) is 11.3. The van der Waals surface area contributed by atoms with E-state index in [1.54, 1.807) is 0 Å². The molecule has 1 aromatic carbocycles. The highest BCUT2D eigenvalue weighted by Gasteiger charge is 2.36. The Morgan fingerprint density at radius 3 is 1.81 bits per heavy atom. The van der Waals surface area contributed by atoms with Crippen LogP contribution >= 0.6 is 0 Å². The Morgan fingerprint density at radius 2 is 1.30 bits per heavy atom. The maximum Gasteiger partial charge on any atom is 0.458 e. The van der Waals surface area contributed by atoms with Crippen molar-refractivity contribution in [3.05, 3.63) is 34.9 Å². The molecule has 3 fully saturated rings. The van der Waals surface area contributed by atoms with E-state index in [1.165, 1.54) is 83.0 Å². The molecule has 0 N–H and O–H groups in total. The number of halogens is 5. The Hall–Kier alpha value is -1.65. The third-order valence-corrected chi connectivity index (χ3v) is 8.85. The SMILES string of the molecule is CCCCCC1CCC(C2CCC(C3COC(c4cc(F)c(C#CC(F)(F)F)c(F)c4)OC3)CC2)CC1. The van der Waals surface area contributed by atoms with Crippen LogP contribution in [0.15, 0.2) is 12.1 Å². The number of ether oxygens (including phenoxy) is 2. The Morgan fingerprint density at radius 1 is 0.784 bits per heavy atom. The van der Waals surface area contributed by atoms with Crippen molar-refractivity contribution in [2.75, 3.05) is 13.2 Å². The zero-order valence-corrected chi connectivity index (χ0v) is 21.7. The highest BCUT2D eigenvalue weighted by molar-refractivity contribution is 5.40. The van der Waals surface area contributed by atoms with Crippen LogP contribution in [0.25, 0.3) is 0 Å². The summed E-state index contributed by atoms with van der Waals surface area (Å²) >= 11 is 0. The molecule has 4 rings (SSSR count). The van der Waals surface area contributed by atoms with Gasteiger partial charge in [-0.25, -0.2) is 8.78 Å². The van der Waals surface area contributed by atoms with E-state index in [4.69, 9.17) is 9.47 Å². The van der Waals surface area contributed by atoms with Gasteiger partial charge >= 0.3 is 6.18 Å². The van der Waals surface area contributed by atoms with E-state index >= 15 is 0 Å². The lowest BCUT2D eigenvalue weighted by atomic mass is 9.67. The lowest BCUT2D eigenvalue weighted by molar-refractivity contribution is -0.215. The van der Waals surface area contributed by atoms with Crippen molar-refractivity contribution in [1.29, 1.82) is 0 Å². The average molecular weight is 527 g/mol. The van der Waals surface area contributed by atoms with E-state index in [-0.39, 0.29) is 11.5 Å². The molecule has 0 bridgehead atoms. The number of hydrogen-bond acceptors (Lipinski definition) is 2. The largest absolute Gasteiger partial charge is 0.458 e. The summed E-state index contributed by atoms with van der Waals surface area (Å²) in [6, 6.07) is 1.89. The standard InChI is InChI=1S/C30H39F5O2/c1-2-3-4-5-20-6-8-21(9-7-20)22-10-12-23(13-11-22)25-18-36-29(37-19-25)24-16-27(31)26(28(32)17-24)14-15-30(33,34)35/h16-17,20-23,25,29H,2-13,18-19H2,1H3. The normalized spacial score (nSPS) is 31.0. The van der Waals surface area contributed by atoms with Gasteiger partial charge in [-0.05, 0) is 74.3 Å². The maximum atomic E-state index is 14.3. The predicted molar refractivity (Wildman–Crippen MR) is 132 cm³/mol. The second-order valence-electron chi connectivity index (χ2n) is 11.3. The van der Waals surface area contributed by atoms with E-state index < -0.39 is 29.7 Å². The van der Waals surface area contributed by atoms with E-state index in [9.17, 15) is 22.0 Å². The first-order valence-corrected chi connectivity index (χ1v) is 14.1. The third-order valence-electron chi connectivity index (χ3n) is 8.85. The molecule has 0 aromatic heterocycles.